The minimum absolute atomic E-state index is 0.0116. The predicted octanol–water partition coefficient (Wildman–Crippen LogP) is 0.604. The molecule has 8 heavy (non-hydrogen) atoms. The standard InChI is InChI=1S/C6H9NO/c1-2-3-6(8)4-5-7/h2,4-5H,1,3,7H2/b5-4+. The minimum atomic E-state index is -0.0116. The summed E-state index contributed by atoms with van der Waals surface area (Å²) in [4.78, 5) is 10.4. The van der Waals surface area contributed by atoms with E-state index in [4.69, 9.17) is 5.73 Å². The smallest absolute Gasteiger partial charge is 0.160 e. The molecule has 0 aliphatic heterocycles. The van der Waals surface area contributed by atoms with Crippen LogP contribution in [-0.2, 0) is 4.79 Å². The van der Waals surface area contributed by atoms with Crippen LogP contribution in [0, 0.1) is 0 Å². The van der Waals surface area contributed by atoms with Gasteiger partial charge >= 0.3 is 0 Å². The van der Waals surface area contributed by atoms with Crippen molar-refractivity contribution in [2.75, 3.05) is 0 Å². The zero-order valence-corrected chi connectivity index (χ0v) is 4.63. The number of ketones is 1. The van der Waals surface area contributed by atoms with Gasteiger partial charge in [-0.1, -0.05) is 6.08 Å². The number of hydrogen-bond acceptors (Lipinski definition) is 2. The maximum Gasteiger partial charge on any atom is 0.160 e. The molecule has 0 amide bonds. The summed E-state index contributed by atoms with van der Waals surface area (Å²) < 4.78 is 0. The molecule has 0 aliphatic carbocycles. The number of nitrogens with two attached hydrogens (primary N) is 1. The van der Waals surface area contributed by atoms with Crippen LogP contribution in [0.4, 0.5) is 0 Å². The Morgan fingerprint density at radius 3 is 2.75 bits per heavy atom. The highest BCUT2D eigenvalue weighted by Crippen LogP contribution is 1.82. The summed E-state index contributed by atoms with van der Waals surface area (Å²) in [5, 5.41) is 0. The second-order valence-corrected chi connectivity index (χ2v) is 1.32. The molecule has 0 aromatic heterocycles. The van der Waals surface area contributed by atoms with Crippen molar-refractivity contribution < 1.29 is 4.79 Å². The molecule has 2 heteroatoms. The van der Waals surface area contributed by atoms with E-state index in [1.165, 1.54) is 12.3 Å². The summed E-state index contributed by atoms with van der Waals surface area (Å²) >= 11 is 0. The second kappa shape index (κ2) is 4.12. The van der Waals surface area contributed by atoms with Crippen LogP contribution in [0.2, 0.25) is 0 Å². The van der Waals surface area contributed by atoms with Crippen molar-refractivity contribution in [3.63, 3.8) is 0 Å². The van der Waals surface area contributed by atoms with E-state index >= 15 is 0 Å². The van der Waals surface area contributed by atoms with Gasteiger partial charge in [-0.15, -0.1) is 6.58 Å². The van der Waals surface area contributed by atoms with E-state index in [1.54, 1.807) is 6.08 Å². The first-order valence-corrected chi connectivity index (χ1v) is 2.33. The predicted molar refractivity (Wildman–Crippen MR) is 33.1 cm³/mol. The Kier molecular flexibility index (Phi) is 3.58. The third-order valence-corrected chi connectivity index (χ3v) is 0.628. The molecule has 0 radical (unpaired) electrons. The molecule has 0 spiro atoms. The van der Waals surface area contributed by atoms with Gasteiger partial charge in [0.05, 0.1) is 0 Å². The average Bonchev–Trinajstić information content (AvgIpc) is 1.68. The lowest BCUT2D eigenvalue weighted by molar-refractivity contribution is -0.113. The van der Waals surface area contributed by atoms with E-state index in [1.807, 2.05) is 0 Å². The van der Waals surface area contributed by atoms with Crippen LogP contribution < -0.4 is 5.73 Å². The largest absolute Gasteiger partial charge is 0.404 e. The SMILES string of the molecule is C=CCC(=O)/C=C/N. The van der Waals surface area contributed by atoms with E-state index in [-0.39, 0.29) is 5.78 Å². The number of carbonyl (C=O) groups excluding carboxylic acids is 1. The molecular weight excluding hydrogens is 102 g/mol. The Hall–Kier alpha value is -1.05. The summed E-state index contributed by atoms with van der Waals surface area (Å²) in [6.45, 7) is 3.39. The van der Waals surface area contributed by atoms with Gasteiger partial charge in [0.25, 0.3) is 0 Å². The monoisotopic (exact) mass is 111 g/mol. The van der Waals surface area contributed by atoms with Crippen LogP contribution in [-0.4, -0.2) is 5.78 Å². The molecule has 0 aliphatic rings. The Balaban J connectivity index is 3.48. The molecule has 0 aromatic carbocycles. The third kappa shape index (κ3) is 3.15. The highest BCUT2D eigenvalue weighted by molar-refractivity contribution is 5.90. The van der Waals surface area contributed by atoms with Gasteiger partial charge in [0.15, 0.2) is 5.78 Å². The molecule has 0 aromatic rings. The maximum atomic E-state index is 10.4. The molecule has 0 heterocycles. The van der Waals surface area contributed by atoms with Gasteiger partial charge in [-0.25, -0.2) is 0 Å². The minimum Gasteiger partial charge on any atom is -0.404 e. The van der Waals surface area contributed by atoms with Crippen molar-refractivity contribution >= 4 is 5.78 Å². The maximum absolute atomic E-state index is 10.4. The molecule has 44 valence electrons. The Morgan fingerprint density at radius 2 is 2.38 bits per heavy atom. The van der Waals surface area contributed by atoms with Gasteiger partial charge in [0, 0.05) is 6.42 Å². The number of rotatable bonds is 3. The molecule has 2 N–H and O–H groups in total. The van der Waals surface area contributed by atoms with E-state index in [2.05, 4.69) is 6.58 Å². The van der Waals surface area contributed by atoms with Gasteiger partial charge in [0.2, 0.25) is 0 Å². The number of allylic oxidation sites excluding steroid dienone is 2. The van der Waals surface area contributed by atoms with Crippen molar-refractivity contribution in [1.82, 2.24) is 0 Å². The number of carbonyl (C=O) groups is 1. The van der Waals surface area contributed by atoms with Crippen LogP contribution in [0.25, 0.3) is 0 Å². The second-order valence-electron chi connectivity index (χ2n) is 1.32. The molecule has 0 rings (SSSR count). The Morgan fingerprint density at radius 1 is 1.75 bits per heavy atom. The van der Waals surface area contributed by atoms with E-state index in [9.17, 15) is 4.79 Å². The molecule has 0 atom stereocenters. The quantitative estimate of drug-likeness (QED) is 0.428. The van der Waals surface area contributed by atoms with Crippen molar-refractivity contribution in [3.05, 3.63) is 24.9 Å². The summed E-state index contributed by atoms with van der Waals surface area (Å²) in [5.41, 5.74) is 4.92. The number of hydrogen-bond donors (Lipinski definition) is 1. The zero-order valence-electron chi connectivity index (χ0n) is 4.63. The highest BCUT2D eigenvalue weighted by atomic mass is 16.1. The van der Waals surface area contributed by atoms with Gasteiger partial charge in [-0.2, -0.15) is 0 Å². The molecule has 0 fully saturated rings. The lowest BCUT2D eigenvalue weighted by Crippen LogP contribution is -1.90. The van der Waals surface area contributed by atoms with E-state index in [0.29, 0.717) is 6.42 Å². The van der Waals surface area contributed by atoms with Crippen molar-refractivity contribution in [3.8, 4) is 0 Å². The Labute approximate surface area is 48.7 Å². The molecule has 0 saturated heterocycles. The lowest BCUT2D eigenvalue weighted by Gasteiger charge is -1.80. The van der Waals surface area contributed by atoms with Crippen molar-refractivity contribution in [2.45, 2.75) is 6.42 Å². The Bertz CT molecular complexity index is 116. The fourth-order valence-electron chi connectivity index (χ4n) is 0.318. The van der Waals surface area contributed by atoms with Gasteiger partial charge < -0.3 is 5.73 Å². The van der Waals surface area contributed by atoms with Crippen LogP contribution in [0.15, 0.2) is 24.9 Å². The molecular formula is C6H9NO. The third-order valence-electron chi connectivity index (χ3n) is 0.628. The molecule has 0 bridgehead atoms. The summed E-state index contributed by atoms with van der Waals surface area (Å²) in [6, 6.07) is 0. The fraction of sp³-hybridized carbons (Fsp3) is 0.167. The van der Waals surface area contributed by atoms with Crippen LogP contribution in [0.5, 0.6) is 0 Å². The van der Waals surface area contributed by atoms with Gasteiger partial charge in [-0.3, -0.25) is 4.79 Å². The summed E-state index contributed by atoms with van der Waals surface area (Å²) in [7, 11) is 0. The summed E-state index contributed by atoms with van der Waals surface area (Å²) in [5.74, 6) is -0.0116. The fourth-order valence-corrected chi connectivity index (χ4v) is 0.318. The first kappa shape index (κ1) is 6.95. The van der Waals surface area contributed by atoms with Crippen LogP contribution in [0.3, 0.4) is 0 Å². The van der Waals surface area contributed by atoms with Gasteiger partial charge in [-0.05, 0) is 12.3 Å². The van der Waals surface area contributed by atoms with Crippen LogP contribution in [0.1, 0.15) is 6.42 Å². The summed E-state index contributed by atoms with van der Waals surface area (Å²) in [6.07, 6.45) is 4.46. The molecule has 0 saturated carbocycles. The molecule has 0 unspecified atom stereocenters. The topological polar surface area (TPSA) is 43.1 Å². The first-order valence-electron chi connectivity index (χ1n) is 2.33. The highest BCUT2D eigenvalue weighted by Gasteiger charge is 1.86. The first-order chi connectivity index (χ1) is 3.81. The van der Waals surface area contributed by atoms with Crippen LogP contribution >= 0.6 is 0 Å². The molecule has 2 nitrogen and oxygen atoms in total. The lowest BCUT2D eigenvalue weighted by atomic mass is 10.3. The normalized spacial score (nSPS) is 9.50. The van der Waals surface area contributed by atoms with E-state index < -0.39 is 0 Å². The van der Waals surface area contributed by atoms with E-state index in [0.717, 1.165) is 0 Å². The average molecular weight is 111 g/mol. The van der Waals surface area contributed by atoms with Crippen molar-refractivity contribution in [1.29, 1.82) is 0 Å². The van der Waals surface area contributed by atoms with Crippen molar-refractivity contribution in [2.24, 2.45) is 5.73 Å². The van der Waals surface area contributed by atoms with Gasteiger partial charge in [0.1, 0.15) is 0 Å². The zero-order chi connectivity index (χ0) is 6.41.